The number of nitrogens with one attached hydrogen (secondary N) is 1. The number of amides is 2. The molecule has 0 spiro atoms. The molecule has 1 saturated heterocycles. The van der Waals surface area contributed by atoms with Gasteiger partial charge < -0.3 is 15.0 Å². The first-order chi connectivity index (χ1) is 14.8. The predicted molar refractivity (Wildman–Crippen MR) is 114 cm³/mol. The van der Waals surface area contributed by atoms with E-state index in [2.05, 4.69) is 5.32 Å². The van der Waals surface area contributed by atoms with Crippen molar-refractivity contribution in [3.05, 3.63) is 63.7 Å². The Labute approximate surface area is 179 Å². The lowest BCUT2D eigenvalue weighted by molar-refractivity contribution is -0.385. The fourth-order valence-electron chi connectivity index (χ4n) is 3.51. The minimum atomic E-state index is -0.661. The second-order valence-corrected chi connectivity index (χ2v) is 7.30. The van der Waals surface area contributed by atoms with Crippen LogP contribution in [0.4, 0.5) is 17.1 Å². The molecule has 1 fully saturated rings. The Balaban J connectivity index is 1.56. The molecule has 0 aliphatic carbocycles. The maximum absolute atomic E-state index is 12.4. The number of anilines is 2. The van der Waals surface area contributed by atoms with Gasteiger partial charge in [0, 0.05) is 36.0 Å². The van der Waals surface area contributed by atoms with Crippen LogP contribution in [0.25, 0.3) is 0 Å². The van der Waals surface area contributed by atoms with Crippen LogP contribution in [0, 0.1) is 23.0 Å². The van der Waals surface area contributed by atoms with Crippen molar-refractivity contribution in [3.8, 4) is 0 Å². The number of carbonyl (C=O) groups is 3. The van der Waals surface area contributed by atoms with E-state index in [-0.39, 0.29) is 30.2 Å². The monoisotopic (exact) mass is 425 g/mol. The molecule has 0 aromatic heterocycles. The molecule has 1 heterocycles. The van der Waals surface area contributed by atoms with Crippen molar-refractivity contribution in [1.82, 2.24) is 0 Å². The van der Waals surface area contributed by atoms with E-state index >= 15 is 0 Å². The van der Waals surface area contributed by atoms with Crippen molar-refractivity contribution in [2.45, 2.75) is 26.7 Å². The molecule has 1 atom stereocenters. The summed E-state index contributed by atoms with van der Waals surface area (Å²) in [5.41, 5.74) is 2.37. The zero-order valence-corrected chi connectivity index (χ0v) is 17.3. The highest BCUT2D eigenvalue weighted by atomic mass is 16.6. The van der Waals surface area contributed by atoms with Gasteiger partial charge in [0.1, 0.15) is 0 Å². The molecule has 2 aromatic carbocycles. The van der Waals surface area contributed by atoms with Crippen molar-refractivity contribution in [2.24, 2.45) is 5.92 Å². The lowest BCUT2D eigenvalue weighted by Crippen LogP contribution is -2.28. The largest absolute Gasteiger partial charge is 0.455 e. The minimum absolute atomic E-state index is 0.0165. The standard InChI is InChI=1S/C22H23N3O6/c1-3-15-6-4-5-7-18(15)24-12-16(10-21(24)27)22(28)31-13-20(26)23-17-9-8-14(2)19(11-17)25(29)30/h4-9,11,16H,3,10,12-13H2,1-2H3,(H,23,26)/t16-/m0/s1. The first-order valence-corrected chi connectivity index (χ1v) is 9.90. The van der Waals surface area contributed by atoms with E-state index < -0.39 is 29.3 Å². The van der Waals surface area contributed by atoms with Crippen LogP contribution >= 0.6 is 0 Å². The first kappa shape index (κ1) is 21.9. The molecule has 0 radical (unpaired) electrons. The van der Waals surface area contributed by atoms with Crippen LogP contribution in [0.15, 0.2) is 42.5 Å². The molecule has 31 heavy (non-hydrogen) atoms. The Bertz CT molecular complexity index is 1040. The van der Waals surface area contributed by atoms with Gasteiger partial charge in [0.05, 0.1) is 10.8 Å². The number of ether oxygens (including phenoxy) is 1. The molecular formula is C22H23N3O6. The molecule has 1 aliphatic rings. The van der Waals surface area contributed by atoms with Crippen molar-refractivity contribution in [2.75, 3.05) is 23.4 Å². The Morgan fingerprint density at radius 1 is 1.26 bits per heavy atom. The van der Waals surface area contributed by atoms with Gasteiger partial charge in [-0.2, -0.15) is 0 Å². The summed E-state index contributed by atoms with van der Waals surface area (Å²) in [5, 5.41) is 13.5. The highest BCUT2D eigenvalue weighted by Crippen LogP contribution is 2.29. The van der Waals surface area contributed by atoms with Crippen LogP contribution < -0.4 is 10.2 Å². The normalized spacial score (nSPS) is 15.6. The molecule has 0 saturated carbocycles. The summed E-state index contributed by atoms with van der Waals surface area (Å²) in [5.74, 6) is -2.08. The van der Waals surface area contributed by atoms with Gasteiger partial charge in [0.15, 0.2) is 6.61 Å². The number of nitrogens with zero attached hydrogens (tertiary/aromatic N) is 2. The fraction of sp³-hybridized carbons (Fsp3) is 0.318. The number of esters is 1. The molecule has 0 bridgehead atoms. The van der Waals surface area contributed by atoms with E-state index in [1.807, 2.05) is 31.2 Å². The Morgan fingerprint density at radius 2 is 2.00 bits per heavy atom. The third-order valence-electron chi connectivity index (χ3n) is 5.16. The van der Waals surface area contributed by atoms with E-state index in [0.29, 0.717) is 5.56 Å². The second-order valence-electron chi connectivity index (χ2n) is 7.30. The number of carbonyl (C=O) groups excluding carboxylic acids is 3. The summed E-state index contributed by atoms with van der Waals surface area (Å²) in [6.45, 7) is 3.24. The second kappa shape index (κ2) is 9.38. The smallest absolute Gasteiger partial charge is 0.311 e. The van der Waals surface area contributed by atoms with Crippen molar-refractivity contribution in [1.29, 1.82) is 0 Å². The van der Waals surface area contributed by atoms with Gasteiger partial charge in [0.25, 0.3) is 11.6 Å². The van der Waals surface area contributed by atoms with Gasteiger partial charge in [-0.15, -0.1) is 0 Å². The SMILES string of the molecule is CCc1ccccc1N1C[C@@H](C(=O)OCC(=O)Nc2ccc(C)c([N+](=O)[O-])c2)CC1=O. The summed E-state index contributed by atoms with van der Waals surface area (Å²) in [6, 6.07) is 11.8. The molecule has 162 valence electrons. The quantitative estimate of drug-likeness (QED) is 0.414. The molecule has 2 amide bonds. The van der Waals surface area contributed by atoms with Crippen LogP contribution in [0.3, 0.4) is 0 Å². The maximum Gasteiger partial charge on any atom is 0.311 e. The average molecular weight is 425 g/mol. The van der Waals surface area contributed by atoms with Gasteiger partial charge in [0.2, 0.25) is 5.91 Å². The lowest BCUT2D eigenvalue weighted by Gasteiger charge is -2.19. The van der Waals surface area contributed by atoms with E-state index in [1.54, 1.807) is 11.8 Å². The number of benzene rings is 2. The lowest BCUT2D eigenvalue weighted by atomic mass is 10.1. The zero-order chi connectivity index (χ0) is 22.5. The van der Waals surface area contributed by atoms with Crippen molar-refractivity contribution in [3.63, 3.8) is 0 Å². The molecule has 0 unspecified atom stereocenters. The average Bonchev–Trinajstić information content (AvgIpc) is 3.14. The van der Waals surface area contributed by atoms with Gasteiger partial charge in [-0.1, -0.05) is 31.2 Å². The molecule has 1 aliphatic heterocycles. The Morgan fingerprint density at radius 3 is 2.71 bits per heavy atom. The Hall–Kier alpha value is -3.75. The van der Waals surface area contributed by atoms with Crippen LogP contribution in [0.5, 0.6) is 0 Å². The van der Waals surface area contributed by atoms with Crippen LogP contribution in [0.1, 0.15) is 24.5 Å². The van der Waals surface area contributed by atoms with Crippen LogP contribution in [0.2, 0.25) is 0 Å². The molecule has 3 rings (SSSR count). The number of hydrogen-bond donors (Lipinski definition) is 1. The fourth-order valence-corrected chi connectivity index (χ4v) is 3.51. The molecule has 2 aromatic rings. The van der Waals surface area contributed by atoms with Crippen molar-refractivity contribution < 1.29 is 24.0 Å². The van der Waals surface area contributed by atoms with Gasteiger partial charge >= 0.3 is 5.97 Å². The summed E-state index contributed by atoms with van der Waals surface area (Å²) >= 11 is 0. The molecule has 1 N–H and O–H groups in total. The molecular weight excluding hydrogens is 402 g/mol. The third-order valence-corrected chi connectivity index (χ3v) is 5.16. The molecule has 9 nitrogen and oxygen atoms in total. The first-order valence-electron chi connectivity index (χ1n) is 9.90. The van der Waals surface area contributed by atoms with Gasteiger partial charge in [-0.3, -0.25) is 24.5 Å². The van der Waals surface area contributed by atoms with E-state index in [1.165, 1.54) is 18.2 Å². The van der Waals surface area contributed by atoms with E-state index in [9.17, 15) is 24.5 Å². The number of rotatable bonds is 7. The summed E-state index contributed by atoms with van der Waals surface area (Å²) in [6.07, 6.45) is 0.773. The summed E-state index contributed by atoms with van der Waals surface area (Å²) in [4.78, 5) is 49.0. The molecule has 9 heteroatoms. The highest BCUT2D eigenvalue weighted by molar-refractivity contribution is 6.00. The number of nitro benzene ring substituents is 1. The maximum atomic E-state index is 12.4. The van der Waals surface area contributed by atoms with E-state index in [4.69, 9.17) is 4.74 Å². The van der Waals surface area contributed by atoms with Gasteiger partial charge in [-0.05, 0) is 31.0 Å². The third kappa shape index (κ3) is 5.06. The summed E-state index contributed by atoms with van der Waals surface area (Å²) in [7, 11) is 0. The van der Waals surface area contributed by atoms with Crippen LogP contribution in [-0.4, -0.2) is 35.9 Å². The zero-order valence-electron chi connectivity index (χ0n) is 17.3. The number of aryl methyl sites for hydroxylation is 2. The predicted octanol–water partition coefficient (Wildman–Crippen LogP) is 3.00. The van der Waals surface area contributed by atoms with E-state index in [0.717, 1.165) is 17.7 Å². The number of hydrogen-bond acceptors (Lipinski definition) is 6. The Kier molecular flexibility index (Phi) is 6.64. The minimum Gasteiger partial charge on any atom is -0.455 e. The topological polar surface area (TPSA) is 119 Å². The van der Waals surface area contributed by atoms with Gasteiger partial charge in [-0.25, -0.2) is 0 Å². The van der Waals surface area contributed by atoms with Crippen molar-refractivity contribution >= 4 is 34.8 Å². The summed E-state index contributed by atoms with van der Waals surface area (Å²) < 4.78 is 5.09. The number of para-hydroxylation sites is 1. The highest BCUT2D eigenvalue weighted by Gasteiger charge is 2.37. The van der Waals surface area contributed by atoms with Crippen LogP contribution in [-0.2, 0) is 25.5 Å². The number of nitro groups is 1.